The van der Waals surface area contributed by atoms with Crippen molar-refractivity contribution in [1.82, 2.24) is 5.32 Å². The van der Waals surface area contributed by atoms with Crippen molar-refractivity contribution in [2.75, 3.05) is 0 Å². The summed E-state index contributed by atoms with van der Waals surface area (Å²) >= 11 is 0. The van der Waals surface area contributed by atoms with Crippen LogP contribution in [-0.4, -0.2) is 33.7 Å². The number of nitrogens with zero attached hydrogens (tertiary/aromatic N) is 1. The number of hydrogen-bond donors (Lipinski definition) is 2. The average Bonchev–Trinajstić information content (AvgIpc) is 2.41. The molecule has 0 unspecified atom stereocenters. The lowest BCUT2D eigenvalue weighted by atomic mass is 9.92. The van der Waals surface area contributed by atoms with Crippen LogP contribution in [0.5, 0.6) is 0 Å². The molecule has 9 heteroatoms. The van der Waals surface area contributed by atoms with Crippen molar-refractivity contribution in [3.63, 3.8) is 0 Å². The molecule has 0 heterocycles. The monoisotopic (exact) mass is 342 g/mol. The maximum absolute atomic E-state index is 13.4. The van der Waals surface area contributed by atoms with Crippen LogP contribution in [0.1, 0.15) is 39.2 Å². The molecule has 24 heavy (non-hydrogen) atoms. The molecule has 0 aromatic heterocycles. The topological polar surface area (TPSA) is 119 Å². The number of nitro benzene ring substituents is 1. The summed E-state index contributed by atoms with van der Waals surface area (Å²) in [5.74, 6) is -3.23. The summed E-state index contributed by atoms with van der Waals surface area (Å²) in [4.78, 5) is 33.6. The van der Waals surface area contributed by atoms with Crippen LogP contribution >= 0.6 is 0 Å². The molecule has 0 radical (unpaired) electrons. The number of aliphatic carboxylic acids is 1. The SMILES string of the molecule is C[C@@H](c1cc(F)ccc1[N+](=O)[O-])[C@@H](NC(=O)OC(C)(C)C)C(=O)O. The zero-order valence-electron chi connectivity index (χ0n) is 13.7. The highest BCUT2D eigenvalue weighted by atomic mass is 19.1. The average molecular weight is 342 g/mol. The van der Waals surface area contributed by atoms with Gasteiger partial charge in [-0.15, -0.1) is 0 Å². The molecule has 132 valence electrons. The molecule has 0 aliphatic heterocycles. The lowest BCUT2D eigenvalue weighted by Crippen LogP contribution is -2.46. The minimum atomic E-state index is -1.53. The molecular formula is C15H19FN2O6. The Bertz CT molecular complexity index is 656. The van der Waals surface area contributed by atoms with Crippen LogP contribution in [0.4, 0.5) is 14.9 Å². The molecule has 0 saturated carbocycles. The van der Waals surface area contributed by atoms with Crippen molar-refractivity contribution in [2.24, 2.45) is 0 Å². The van der Waals surface area contributed by atoms with Crippen molar-refractivity contribution in [3.05, 3.63) is 39.7 Å². The molecule has 0 bridgehead atoms. The highest BCUT2D eigenvalue weighted by Gasteiger charge is 2.33. The first-order valence-corrected chi connectivity index (χ1v) is 7.08. The summed E-state index contributed by atoms with van der Waals surface area (Å²) in [6, 6.07) is 1.22. The molecule has 2 atom stereocenters. The number of hydrogen-bond acceptors (Lipinski definition) is 5. The number of carbonyl (C=O) groups is 2. The number of carboxylic acid groups (broad SMARTS) is 1. The quantitative estimate of drug-likeness (QED) is 0.627. The molecule has 0 fully saturated rings. The molecule has 1 amide bonds. The first-order chi connectivity index (χ1) is 10.9. The standard InChI is InChI=1S/C15H19FN2O6/c1-8(10-7-9(16)5-6-11(10)18(22)23)12(13(19)20)17-14(21)24-15(2,3)4/h5-8,12H,1-4H3,(H,17,21)(H,19,20)/t8-,12+/m0/s1. The number of nitrogens with one attached hydrogen (secondary N) is 1. The maximum Gasteiger partial charge on any atom is 0.408 e. The summed E-state index contributed by atoms with van der Waals surface area (Å²) in [7, 11) is 0. The van der Waals surface area contributed by atoms with E-state index in [1.807, 2.05) is 0 Å². The number of alkyl carbamates (subject to hydrolysis) is 1. The number of benzene rings is 1. The third kappa shape index (κ3) is 5.18. The summed E-state index contributed by atoms with van der Waals surface area (Å²) in [6.45, 7) is 6.15. The van der Waals surface area contributed by atoms with Crippen molar-refractivity contribution in [3.8, 4) is 0 Å². The second kappa shape index (κ2) is 7.24. The Kier molecular flexibility index (Phi) is 5.83. The predicted octanol–water partition coefficient (Wildman–Crippen LogP) is 2.82. The van der Waals surface area contributed by atoms with Crippen molar-refractivity contribution >= 4 is 17.7 Å². The van der Waals surface area contributed by atoms with Crippen molar-refractivity contribution in [2.45, 2.75) is 45.3 Å². The molecule has 1 aromatic rings. The maximum atomic E-state index is 13.4. The Morgan fingerprint density at radius 2 is 1.96 bits per heavy atom. The Morgan fingerprint density at radius 1 is 1.38 bits per heavy atom. The van der Waals surface area contributed by atoms with Gasteiger partial charge in [-0.3, -0.25) is 10.1 Å². The van der Waals surface area contributed by atoms with Crippen LogP contribution in [0.3, 0.4) is 0 Å². The third-order valence-electron chi connectivity index (χ3n) is 3.12. The smallest absolute Gasteiger partial charge is 0.408 e. The van der Waals surface area contributed by atoms with E-state index < -0.39 is 46.1 Å². The lowest BCUT2D eigenvalue weighted by molar-refractivity contribution is -0.385. The van der Waals surface area contributed by atoms with Crippen LogP contribution in [0, 0.1) is 15.9 Å². The van der Waals surface area contributed by atoms with Gasteiger partial charge in [0.1, 0.15) is 17.5 Å². The predicted molar refractivity (Wildman–Crippen MR) is 82.3 cm³/mol. The molecule has 8 nitrogen and oxygen atoms in total. The van der Waals surface area contributed by atoms with E-state index in [-0.39, 0.29) is 5.56 Å². The van der Waals surface area contributed by atoms with E-state index in [1.165, 1.54) is 6.92 Å². The van der Waals surface area contributed by atoms with Gasteiger partial charge in [0.25, 0.3) is 5.69 Å². The minimum Gasteiger partial charge on any atom is -0.480 e. The molecule has 0 aliphatic rings. The second-order valence-electron chi connectivity index (χ2n) is 6.21. The Hall–Kier alpha value is -2.71. The van der Waals surface area contributed by atoms with Gasteiger partial charge in [-0.2, -0.15) is 0 Å². The normalized spacial score (nSPS) is 13.7. The number of rotatable bonds is 5. The van der Waals surface area contributed by atoms with E-state index >= 15 is 0 Å². The zero-order valence-corrected chi connectivity index (χ0v) is 13.7. The number of carbonyl (C=O) groups excluding carboxylic acids is 1. The molecule has 0 saturated heterocycles. The van der Waals surface area contributed by atoms with Gasteiger partial charge in [0, 0.05) is 17.5 Å². The van der Waals surface area contributed by atoms with Gasteiger partial charge in [-0.25, -0.2) is 14.0 Å². The Morgan fingerprint density at radius 3 is 2.42 bits per heavy atom. The number of halogens is 1. The van der Waals surface area contributed by atoms with Crippen LogP contribution in [-0.2, 0) is 9.53 Å². The summed E-state index contributed by atoms with van der Waals surface area (Å²) in [6.07, 6.45) is -0.985. The van der Waals surface area contributed by atoms with Gasteiger partial charge >= 0.3 is 12.1 Å². The Balaban J connectivity index is 3.14. The highest BCUT2D eigenvalue weighted by molar-refractivity contribution is 5.81. The number of amides is 1. The van der Waals surface area contributed by atoms with Gasteiger partial charge in [-0.05, 0) is 32.9 Å². The van der Waals surface area contributed by atoms with E-state index in [0.29, 0.717) is 0 Å². The van der Waals surface area contributed by atoms with Gasteiger partial charge in [0.2, 0.25) is 0 Å². The van der Waals surface area contributed by atoms with E-state index in [0.717, 1.165) is 18.2 Å². The first kappa shape index (κ1) is 19.3. The van der Waals surface area contributed by atoms with Gasteiger partial charge in [0.05, 0.1) is 4.92 Å². The van der Waals surface area contributed by atoms with Crippen LogP contribution in [0.2, 0.25) is 0 Å². The van der Waals surface area contributed by atoms with E-state index in [4.69, 9.17) is 4.74 Å². The fourth-order valence-corrected chi connectivity index (χ4v) is 2.07. The molecule has 1 rings (SSSR count). The molecule has 0 spiro atoms. The fourth-order valence-electron chi connectivity index (χ4n) is 2.07. The summed E-state index contributed by atoms with van der Waals surface area (Å²) in [5, 5.41) is 22.5. The Labute approximate surface area is 137 Å². The number of nitro groups is 1. The zero-order chi connectivity index (χ0) is 18.7. The lowest BCUT2D eigenvalue weighted by Gasteiger charge is -2.25. The van der Waals surface area contributed by atoms with Crippen molar-refractivity contribution in [1.29, 1.82) is 0 Å². The number of ether oxygens (including phenoxy) is 1. The first-order valence-electron chi connectivity index (χ1n) is 7.08. The summed E-state index contributed by atoms with van der Waals surface area (Å²) < 4.78 is 18.4. The van der Waals surface area contributed by atoms with Crippen LogP contribution in [0.15, 0.2) is 18.2 Å². The van der Waals surface area contributed by atoms with Crippen molar-refractivity contribution < 1.29 is 28.7 Å². The van der Waals surface area contributed by atoms with E-state index in [1.54, 1.807) is 20.8 Å². The summed E-state index contributed by atoms with van der Waals surface area (Å²) in [5.41, 5.74) is -1.41. The van der Waals surface area contributed by atoms with Crippen LogP contribution in [0.25, 0.3) is 0 Å². The number of carboxylic acids is 1. The molecule has 1 aromatic carbocycles. The second-order valence-corrected chi connectivity index (χ2v) is 6.21. The fraction of sp³-hybridized carbons (Fsp3) is 0.467. The van der Waals surface area contributed by atoms with E-state index in [2.05, 4.69) is 5.32 Å². The third-order valence-corrected chi connectivity index (χ3v) is 3.12. The largest absolute Gasteiger partial charge is 0.480 e. The van der Waals surface area contributed by atoms with Crippen LogP contribution < -0.4 is 5.32 Å². The molecule has 2 N–H and O–H groups in total. The minimum absolute atomic E-state index is 0.136. The van der Waals surface area contributed by atoms with Gasteiger partial charge < -0.3 is 15.2 Å². The molecular weight excluding hydrogens is 323 g/mol. The molecule has 0 aliphatic carbocycles. The van der Waals surface area contributed by atoms with E-state index in [9.17, 15) is 29.2 Å². The van der Waals surface area contributed by atoms with Gasteiger partial charge in [-0.1, -0.05) is 6.92 Å². The highest BCUT2D eigenvalue weighted by Crippen LogP contribution is 2.30. The van der Waals surface area contributed by atoms with Gasteiger partial charge in [0.15, 0.2) is 0 Å².